The number of piperazine rings is 1. The molecule has 0 radical (unpaired) electrons. The predicted octanol–water partition coefficient (Wildman–Crippen LogP) is 4.55. The van der Waals surface area contributed by atoms with Gasteiger partial charge in [0.2, 0.25) is 0 Å². The second-order valence-electron chi connectivity index (χ2n) is 7.15. The molecule has 1 N–H and O–H groups in total. The van der Waals surface area contributed by atoms with Crippen molar-refractivity contribution in [2.24, 2.45) is 0 Å². The summed E-state index contributed by atoms with van der Waals surface area (Å²) in [6.07, 6.45) is 0. The molecule has 1 fully saturated rings. The number of anilines is 2. The summed E-state index contributed by atoms with van der Waals surface area (Å²) in [6, 6.07) is 23.9. The van der Waals surface area contributed by atoms with E-state index in [-0.39, 0.29) is 11.8 Å². The first-order valence-corrected chi connectivity index (χ1v) is 10.2. The van der Waals surface area contributed by atoms with E-state index in [4.69, 9.17) is 11.6 Å². The van der Waals surface area contributed by atoms with Crippen molar-refractivity contribution in [2.45, 2.75) is 0 Å². The molecule has 30 heavy (non-hydrogen) atoms. The number of nitrogens with zero attached hydrogens (tertiary/aromatic N) is 2. The minimum absolute atomic E-state index is 0.0792. The highest BCUT2D eigenvalue weighted by molar-refractivity contribution is 6.30. The standard InChI is InChI=1S/C24H22ClN3O2/c25-20-8-6-18(7-9-20)23(29)26-21-10-12-22(13-11-21)27-14-16-28(17-15-27)24(30)19-4-2-1-3-5-19/h1-13H,14-17H2,(H,26,29). The minimum atomic E-state index is -0.174. The number of nitrogens with one attached hydrogen (secondary N) is 1. The first-order chi connectivity index (χ1) is 14.6. The van der Waals surface area contributed by atoms with E-state index in [0.717, 1.165) is 30.0 Å². The molecule has 0 bridgehead atoms. The Labute approximate surface area is 180 Å². The first-order valence-electron chi connectivity index (χ1n) is 9.86. The summed E-state index contributed by atoms with van der Waals surface area (Å²) in [6.45, 7) is 2.91. The molecule has 4 rings (SSSR count). The van der Waals surface area contributed by atoms with E-state index >= 15 is 0 Å². The van der Waals surface area contributed by atoms with Crippen LogP contribution < -0.4 is 10.2 Å². The van der Waals surface area contributed by atoms with Crippen LogP contribution in [0.5, 0.6) is 0 Å². The Hall–Kier alpha value is -3.31. The van der Waals surface area contributed by atoms with Gasteiger partial charge in [0.05, 0.1) is 0 Å². The molecule has 0 aromatic heterocycles. The van der Waals surface area contributed by atoms with Gasteiger partial charge in [0.15, 0.2) is 0 Å². The Bertz CT molecular complexity index is 1010. The zero-order valence-electron chi connectivity index (χ0n) is 16.4. The lowest BCUT2D eigenvalue weighted by atomic mass is 10.1. The zero-order chi connectivity index (χ0) is 20.9. The molecule has 2 amide bonds. The fraction of sp³-hybridized carbons (Fsp3) is 0.167. The highest BCUT2D eigenvalue weighted by atomic mass is 35.5. The third-order valence-corrected chi connectivity index (χ3v) is 5.44. The van der Waals surface area contributed by atoms with Gasteiger partial charge >= 0.3 is 0 Å². The van der Waals surface area contributed by atoms with Gasteiger partial charge in [0.1, 0.15) is 0 Å². The van der Waals surface area contributed by atoms with E-state index in [9.17, 15) is 9.59 Å². The van der Waals surface area contributed by atoms with Gasteiger partial charge in [-0.3, -0.25) is 9.59 Å². The summed E-state index contributed by atoms with van der Waals surface area (Å²) in [7, 11) is 0. The van der Waals surface area contributed by atoms with Crippen LogP contribution in [0.2, 0.25) is 5.02 Å². The SMILES string of the molecule is O=C(Nc1ccc(N2CCN(C(=O)c3ccccc3)CC2)cc1)c1ccc(Cl)cc1. The monoisotopic (exact) mass is 419 g/mol. The van der Waals surface area contributed by atoms with Crippen molar-refractivity contribution >= 4 is 34.8 Å². The van der Waals surface area contributed by atoms with Crippen molar-refractivity contribution in [2.75, 3.05) is 36.4 Å². The Kier molecular flexibility index (Phi) is 6.00. The first kappa shape index (κ1) is 20.0. The van der Waals surface area contributed by atoms with E-state index in [0.29, 0.717) is 23.7 Å². The maximum atomic E-state index is 12.6. The number of hydrogen-bond acceptors (Lipinski definition) is 3. The van der Waals surface area contributed by atoms with E-state index in [2.05, 4.69) is 10.2 Å². The summed E-state index contributed by atoms with van der Waals surface area (Å²) < 4.78 is 0. The minimum Gasteiger partial charge on any atom is -0.368 e. The van der Waals surface area contributed by atoms with Crippen LogP contribution in [-0.2, 0) is 0 Å². The molecule has 0 aliphatic carbocycles. The third kappa shape index (κ3) is 4.63. The Balaban J connectivity index is 1.33. The molecule has 3 aromatic carbocycles. The van der Waals surface area contributed by atoms with Crippen LogP contribution >= 0.6 is 11.6 Å². The number of amides is 2. The lowest BCUT2D eigenvalue weighted by molar-refractivity contribution is 0.0746. The van der Waals surface area contributed by atoms with Crippen LogP contribution in [-0.4, -0.2) is 42.9 Å². The van der Waals surface area contributed by atoms with Gasteiger partial charge in [-0.1, -0.05) is 29.8 Å². The molecule has 0 unspecified atom stereocenters. The van der Waals surface area contributed by atoms with Crippen LogP contribution in [0.15, 0.2) is 78.9 Å². The molecule has 0 spiro atoms. The fourth-order valence-electron chi connectivity index (χ4n) is 3.49. The largest absolute Gasteiger partial charge is 0.368 e. The summed E-state index contributed by atoms with van der Waals surface area (Å²) in [5.74, 6) is -0.0945. The highest BCUT2D eigenvalue weighted by Crippen LogP contribution is 2.21. The average Bonchev–Trinajstić information content (AvgIpc) is 2.80. The molecule has 5 nitrogen and oxygen atoms in total. The van der Waals surface area contributed by atoms with Gasteiger partial charge in [-0.05, 0) is 60.7 Å². The second kappa shape index (κ2) is 9.01. The van der Waals surface area contributed by atoms with E-state index in [1.165, 1.54) is 0 Å². The number of halogens is 1. The van der Waals surface area contributed by atoms with Gasteiger partial charge in [-0.15, -0.1) is 0 Å². The van der Waals surface area contributed by atoms with Crippen molar-refractivity contribution in [3.05, 3.63) is 95.0 Å². The zero-order valence-corrected chi connectivity index (χ0v) is 17.2. The maximum Gasteiger partial charge on any atom is 0.255 e. The van der Waals surface area contributed by atoms with Crippen LogP contribution in [0.25, 0.3) is 0 Å². The van der Waals surface area contributed by atoms with Crippen LogP contribution in [0, 0.1) is 0 Å². The molecule has 0 saturated carbocycles. The summed E-state index contributed by atoms with van der Waals surface area (Å²) in [5.41, 5.74) is 3.09. The molecule has 1 saturated heterocycles. The lowest BCUT2D eigenvalue weighted by Gasteiger charge is -2.36. The van der Waals surface area contributed by atoms with Crippen LogP contribution in [0.1, 0.15) is 20.7 Å². The Morgan fingerprint density at radius 2 is 1.37 bits per heavy atom. The fourth-order valence-corrected chi connectivity index (χ4v) is 3.62. The van der Waals surface area contributed by atoms with E-state index < -0.39 is 0 Å². The normalized spacial score (nSPS) is 13.8. The van der Waals surface area contributed by atoms with Crippen molar-refractivity contribution in [3.63, 3.8) is 0 Å². The van der Waals surface area contributed by atoms with Gasteiger partial charge in [0.25, 0.3) is 11.8 Å². The molecule has 6 heteroatoms. The number of carbonyl (C=O) groups excluding carboxylic acids is 2. The van der Waals surface area contributed by atoms with Crippen molar-refractivity contribution in [3.8, 4) is 0 Å². The highest BCUT2D eigenvalue weighted by Gasteiger charge is 2.22. The lowest BCUT2D eigenvalue weighted by Crippen LogP contribution is -2.48. The summed E-state index contributed by atoms with van der Waals surface area (Å²) in [4.78, 5) is 29.1. The maximum absolute atomic E-state index is 12.6. The van der Waals surface area contributed by atoms with Gasteiger partial charge in [-0.2, -0.15) is 0 Å². The topological polar surface area (TPSA) is 52.7 Å². The molecule has 152 valence electrons. The van der Waals surface area contributed by atoms with Crippen LogP contribution in [0.4, 0.5) is 11.4 Å². The molecule has 3 aromatic rings. The number of carbonyl (C=O) groups is 2. The molecule has 1 heterocycles. The van der Waals surface area contributed by atoms with E-state index in [1.54, 1.807) is 24.3 Å². The second-order valence-corrected chi connectivity index (χ2v) is 7.59. The van der Waals surface area contributed by atoms with Gasteiger partial charge in [-0.25, -0.2) is 0 Å². The summed E-state index contributed by atoms with van der Waals surface area (Å²) >= 11 is 5.87. The number of rotatable bonds is 4. The smallest absolute Gasteiger partial charge is 0.255 e. The molecule has 1 aliphatic rings. The molecular formula is C24H22ClN3O2. The van der Waals surface area contributed by atoms with Crippen molar-refractivity contribution in [1.29, 1.82) is 0 Å². The van der Waals surface area contributed by atoms with E-state index in [1.807, 2.05) is 59.5 Å². The quantitative estimate of drug-likeness (QED) is 0.674. The van der Waals surface area contributed by atoms with Crippen molar-refractivity contribution in [1.82, 2.24) is 4.90 Å². The van der Waals surface area contributed by atoms with Crippen molar-refractivity contribution < 1.29 is 9.59 Å². The summed E-state index contributed by atoms with van der Waals surface area (Å²) in [5, 5.41) is 3.49. The number of benzene rings is 3. The van der Waals surface area contributed by atoms with Crippen LogP contribution in [0.3, 0.4) is 0 Å². The van der Waals surface area contributed by atoms with Gasteiger partial charge < -0.3 is 15.1 Å². The number of hydrogen-bond donors (Lipinski definition) is 1. The molecule has 1 aliphatic heterocycles. The molecular weight excluding hydrogens is 398 g/mol. The predicted molar refractivity (Wildman–Crippen MR) is 120 cm³/mol. The Morgan fingerprint density at radius 1 is 0.733 bits per heavy atom. The Morgan fingerprint density at radius 3 is 2.00 bits per heavy atom. The van der Waals surface area contributed by atoms with Gasteiger partial charge in [0, 0.05) is 53.7 Å². The third-order valence-electron chi connectivity index (χ3n) is 5.18. The molecule has 0 atom stereocenters. The average molecular weight is 420 g/mol.